The van der Waals surface area contributed by atoms with Gasteiger partial charge in [0.15, 0.2) is 0 Å². The maximum Gasteiger partial charge on any atom is 0.315 e. The van der Waals surface area contributed by atoms with E-state index in [1.54, 1.807) is 31.4 Å². The summed E-state index contributed by atoms with van der Waals surface area (Å²) in [6.07, 6.45) is 4.20. The maximum absolute atomic E-state index is 12.3. The number of amides is 3. The Bertz CT molecular complexity index is 865. The highest BCUT2D eigenvalue weighted by Gasteiger charge is 2.22. The van der Waals surface area contributed by atoms with Crippen molar-refractivity contribution in [3.8, 4) is 5.75 Å². The standard InChI is InChI=1S/C24H30ClN3O3/c1-31-21-12-10-19(11-13-21)23(29)26-14-17-6-8-18(9-7-17)15-27-24(30)28-16-20-4-2-3-5-22(20)25/h2-5,10-13,17-18H,6-9,14-16H2,1H3,(H,26,29)(H2,27,28,30). The van der Waals surface area contributed by atoms with Crippen LogP contribution in [0.5, 0.6) is 5.75 Å². The molecule has 1 aliphatic carbocycles. The number of rotatable bonds is 8. The van der Waals surface area contributed by atoms with E-state index in [4.69, 9.17) is 16.3 Å². The second-order valence-electron chi connectivity index (χ2n) is 7.98. The number of halogens is 1. The molecule has 0 aliphatic heterocycles. The molecule has 2 aromatic carbocycles. The molecule has 0 atom stereocenters. The van der Waals surface area contributed by atoms with Gasteiger partial charge in [-0.05, 0) is 73.4 Å². The van der Waals surface area contributed by atoms with Gasteiger partial charge < -0.3 is 20.7 Å². The fourth-order valence-corrected chi connectivity index (χ4v) is 4.04. The Hall–Kier alpha value is -2.73. The summed E-state index contributed by atoms with van der Waals surface area (Å²) in [7, 11) is 1.61. The summed E-state index contributed by atoms with van der Waals surface area (Å²) in [4.78, 5) is 24.4. The van der Waals surface area contributed by atoms with Crippen LogP contribution >= 0.6 is 11.6 Å². The van der Waals surface area contributed by atoms with E-state index >= 15 is 0 Å². The number of methoxy groups -OCH3 is 1. The first-order chi connectivity index (χ1) is 15.0. The largest absolute Gasteiger partial charge is 0.497 e. The number of urea groups is 1. The van der Waals surface area contributed by atoms with Crippen molar-refractivity contribution in [1.82, 2.24) is 16.0 Å². The molecule has 3 amide bonds. The van der Waals surface area contributed by atoms with Gasteiger partial charge in [0.05, 0.1) is 7.11 Å². The first-order valence-electron chi connectivity index (χ1n) is 10.7. The molecule has 0 spiro atoms. The fraction of sp³-hybridized carbons (Fsp3) is 0.417. The van der Waals surface area contributed by atoms with Crippen molar-refractivity contribution in [1.29, 1.82) is 0 Å². The summed E-state index contributed by atoms with van der Waals surface area (Å²) in [5.41, 5.74) is 1.54. The summed E-state index contributed by atoms with van der Waals surface area (Å²) in [5.74, 6) is 1.63. The summed E-state index contributed by atoms with van der Waals surface area (Å²) in [6, 6.07) is 14.4. The van der Waals surface area contributed by atoms with E-state index in [0.717, 1.165) is 37.0 Å². The van der Waals surface area contributed by atoms with Crippen LogP contribution < -0.4 is 20.7 Å². The van der Waals surface area contributed by atoms with E-state index in [2.05, 4.69) is 16.0 Å². The molecule has 0 aromatic heterocycles. The Morgan fingerprint density at radius 2 is 1.52 bits per heavy atom. The number of benzene rings is 2. The SMILES string of the molecule is COc1ccc(C(=O)NCC2CCC(CNC(=O)NCc3ccccc3Cl)CC2)cc1. The van der Waals surface area contributed by atoms with E-state index < -0.39 is 0 Å². The van der Waals surface area contributed by atoms with Gasteiger partial charge in [-0.3, -0.25) is 4.79 Å². The van der Waals surface area contributed by atoms with Crippen molar-refractivity contribution in [2.45, 2.75) is 32.2 Å². The average molecular weight is 444 g/mol. The van der Waals surface area contributed by atoms with E-state index in [1.807, 2.05) is 24.3 Å². The number of ether oxygens (including phenoxy) is 1. The molecule has 0 saturated heterocycles. The second-order valence-corrected chi connectivity index (χ2v) is 8.39. The summed E-state index contributed by atoms with van der Waals surface area (Å²) >= 11 is 6.11. The zero-order valence-electron chi connectivity index (χ0n) is 17.8. The normalized spacial score (nSPS) is 18.1. The maximum atomic E-state index is 12.3. The molecule has 7 heteroatoms. The third-order valence-electron chi connectivity index (χ3n) is 5.82. The molecule has 166 valence electrons. The van der Waals surface area contributed by atoms with Gasteiger partial charge in [-0.25, -0.2) is 4.79 Å². The lowest BCUT2D eigenvalue weighted by molar-refractivity contribution is 0.0941. The van der Waals surface area contributed by atoms with Gasteiger partial charge >= 0.3 is 6.03 Å². The molecular formula is C24H30ClN3O3. The smallest absolute Gasteiger partial charge is 0.315 e. The van der Waals surface area contributed by atoms with E-state index in [-0.39, 0.29) is 11.9 Å². The van der Waals surface area contributed by atoms with Gasteiger partial charge in [0, 0.05) is 30.2 Å². The van der Waals surface area contributed by atoms with Crippen LogP contribution in [0.15, 0.2) is 48.5 Å². The second kappa shape index (κ2) is 11.6. The van der Waals surface area contributed by atoms with Crippen LogP contribution in [0.2, 0.25) is 5.02 Å². The van der Waals surface area contributed by atoms with Crippen molar-refractivity contribution in [3.63, 3.8) is 0 Å². The molecule has 1 aliphatic rings. The number of nitrogens with one attached hydrogen (secondary N) is 3. The zero-order valence-corrected chi connectivity index (χ0v) is 18.6. The van der Waals surface area contributed by atoms with Crippen LogP contribution in [-0.4, -0.2) is 32.1 Å². The summed E-state index contributed by atoms with van der Waals surface area (Å²) in [5, 5.41) is 9.51. The van der Waals surface area contributed by atoms with Crippen molar-refractivity contribution >= 4 is 23.5 Å². The average Bonchev–Trinajstić information content (AvgIpc) is 2.81. The van der Waals surface area contributed by atoms with Gasteiger partial charge in [0.25, 0.3) is 5.91 Å². The van der Waals surface area contributed by atoms with Crippen LogP contribution in [0.25, 0.3) is 0 Å². The molecule has 3 rings (SSSR count). The monoisotopic (exact) mass is 443 g/mol. The lowest BCUT2D eigenvalue weighted by atomic mass is 9.82. The molecule has 0 bridgehead atoms. The van der Waals surface area contributed by atoms with E-state index in [9.17, 15) is 9.59 Å². The minimum Gasteiger partial charge on any atom is -0.497 e. The van der Waals surface area contributed by atoms with E-state index in [0.29, 0.717) is 42.1 Å². The molecule has 0 unspecified atom stereocenters. The molecule has 0 heterocycles. The van der Waals surface area contributed by atoms with Gasteiger partial charge in [-0.15, -0.1) is 0 Å². The first kappa shape index (κ1) is 22.9. The molecule has 1 saturated carbocycles. The molecule has 0 radical (unpaired) electrons. The minimum absolute atomic E-state index is 0.0540. The highest BCUT2D eigenvalue weighted by molar-refractivity contribution is 6.31. The Labute approximate surface area is 188 Å². The quantitative estimate of drug-likeness (QED) is 0.566. The molecule has 1 fully saturated rings. The first-order valence-corrected chi connectivity index (χ1v) is 11.1. The Morgan fingerprint density at radius 3 is 2.13 bits per heavy atom. The highest BCUT2D eigenvalue weighted by atomic mass is 35.5. The zero-order chi connectivity index (χ0) is 22.1. The van der Waals surface area contributed by atoms with E-state index in [1.165, 1.54) is 0 Å². The van der Waals surface area contributed by atoms with Crippen LogP contribution in [0.1, 0.15) is 41.6 Å². The third kappa shape index (κ3) is 7.17. The van der Waals surface area contributed by atoms with Crippen LogP contribution in [0, 0.1) is 11.8 Å². The summed E-state index contributed by atoms with van der Waals surface area (Å²) in [6.45, 7) is 1.76. The van der Waals surface area contributed by atoms with Gasteiger partial charge in [0.1, 0.15) is 5.75 Å². The van der Waals surface area contributed by atoms with Crippen LogP contribution in [0.4, 0.5) is 4.79 Å². The Morgan fingerprint density at radius 1 is 0.903 bits per heavy atom. The number of hydrogen-bond donors (Lipinski definition) is 3. The molecule has 31 heavy (non-hydrogen) atoms. The predicted octanol–water partition coefficient (Wildman–Crippen LogP) is 4.38. The predicted molar refractivity (Wildman–Crippen MR) is 122 cm³/mol. The Kier molecular flexibility index (Phi) is 8.59. The van der Waals surface area contributed by atoms with Crippen LogP contribution in [-0.2, 0) is 6.54 Å². The van der Waals surface area contributed by atoms with Crippen molar-refractivity contribution in [2.24, 2.45) is 11.8 Å². The lowest BCUT2D eigenvalue weighted by Crippen LogP contribution is -2.39. The fourth-order valence-electron chi connectivity index (χ4n) is 3.84. The van der Waals surface area contributed by atoms with Crippen LogP contribution in [0.3, 0.4) is 0 Å². The van der Waals surface area contributed by atoms with Gasteiger partial charge in [-0.1, -0.05) is 29.8 Å². The number of carbonyl (C=O) groups excluding carboxylic acids is 2. The molecule has 3 N–H and O–H groups in total. The third-order valence-corrected chi connectivity index (χ3v) is 6.19. The number of hydrogen-bond acceptors (Lipinski definition) is 3. The van der Waals surface area contributed by atoms with Crippen molar-refractivity contribution in [2.75, 3.05) is 20.2 Å². The highest BCUT2D eigenvalue weighted by Crippen LogP contribution is 2.28. The molecular weight excluding hydrogens is 414 g/mol. The topological polar surface area (TPSA) is 79.5 Å². The minimum atomic E-state index is -0.172. The molecule has 6 nitrogen and oxygen atoms in total. The number of carbonyl (C=O) groups is 2. The lowest BCUT2D eigenvalue weighted by Gasteiger charge is -2.28. The van der Waals surface area contributed by atoms with Gasteiger partial charge in [-0.2, -0.15) is 0 Å². The van der Waals surface area contributed by atoms with Crippen molar-refractivity contribution in [3.05, 3.63) is 64.7 Å². The Balaban J connectivity index is 1.30. The van der Waals surface area contributed by atoms with Crippen molar-refractivity contribution < 1.29 is 14.3 Å². The summed E-state index contributed by atoms with van der Waals surface area (Å²) < 4.78 is 5.12. The van der Waals surface area contributed by atoms with Gasteiger partial charge in [0.2, 0.25) is 0 Å². The molecule has 2 aromatic rings.